The summed E-state index contributed by atoms with van der Waals surface area (Å²) in [6.07, 6.45) is 1.89. The van der Waals surface area contributed by atoms with Crippen LogP contribution in [0.4, 0.5) is 10.5 Å². The number of hydrogen-bond acceptors (Lipinski definition) is 6. The molecule has 1 heterocycles. The second-order valence-electron chi connectivity index (χ2n) is 7.99. The van der Waals surface area contributed by atoms with Crippen LogP contribution in [0, 0.1) is 6.92 Å². The third-order valence-corrected chi connectivity index (χ3v) is 5.64. The quantitative estimate of drug-likeness (QED) is 0.487. The maximum atomic E-state index is 13.6. The molecule has 0 bridgehead atoms. The van der Waals surface area contributed by atoms with Crippen molar-refractivity contribution >= 4 is 30.6 Å². The van der Waals surface area contributed by atoms with Crippen LogP contribution in [-0.2, 0) is 11.3 Å². The lowest BCUT2D eigenvalue weighted by molar-refractivity contribution is 0.0694. The van der Waals surface area contributed by atoms with Crippen LogP contribution in [-0.4, -0.2) is 60.4 Å². The predicted octanol–water partition coefficient (Wildman–Crippen LogP) is 4.30. The molecule has 0 saturated carbocycles. The molecule has 2 aromatic carbocycles. The van der Waals surface area contributed by atoms with Crippen LogP contribution in [0.2, 0.25) is 0 Å². The molecule has 2 amide bonds. The van der Waals surface area contributed by atoms with Crippen LogP contribution < -0.4 is 5.12 Å². The van der Waals surface area contributed by atoms with Crippen LogP contribution in [0.15, 0.2) is 58.7 Å². The molecule has 0 aromatic heterocycles. The number of carbonyl (C=O) groups excluding carboxylic acids is 2. The number of ether oxygens (including phenoxy) is 1. The minimum atomic E-state index is -0.365. The molecule has 0 radical (unpaired) electrons. The lowest BCUT2D eigenvalue weighted by Crippen LogP contribution is -2.41. The van der Waals surface area contributed by atoms with Crippen molar-refractivity contribution in [2.45, 2.75) is 39.8 Å². The number of aryl methyl sites for hydroxylation is 1. The van der Waals surface area contributed by atoms with Gasteiger partial charge in [0.25, 0.3) is 5.91 Å². The Kier molecular flexibility index (Phi) is 8.18. The Hall–Kier alpha value is -3.68. The number of hydrogen-bond donors (Lipinski definition) is 0. The molecule has 8 heteroatoms. The average molecular weight is 450 g/mol. The fourth-order valence-electron chi connectivity index (χ4n) is 3.79. The summed E-state index contributed by atoms with van der Waals surface area (Å²) in [5.41, 5.74) is 2.96. The van der Waals surface area contributed by atoms with Gasteiger partial charge in [0.15, 0.2) is 0 Å². The Morgan fingerprint density at radius 2 is 1.94 bits per heavy atom. The van der Waals surface area contributed by atoms with E-state index in [0.717, 1.165) is 11.1 Å². The minimum Gasteiger partial charge on any atom is -0.445 e. The largest absolute Gasteiger partial charge is 0.445 e. The zero-order chi connectivity index (χ0) is 23.8. The van der Waals surface area contributed by atoms with E-state index in [2.05, 4.69) is 16.9 Å². The van der Waals surface area contributed by atoms with Crippen molar-refractivity contribution < 1.29 is 14.3 Å². The molecule has 0 unspecified atom stereocenters. The van der Waals surface area contributed by atoms with Gasteiger partial charge in [-0.3, -0.25) is 4.79 Å². The third kappa shape index (κ3) is 5.97. The van der Waals surface area contributed by atoms with Crippen LogP contribution in [0.25, 0.3) is 0 Å². The van der Waals surface area contributed by atoms with Crippen molar-refractivity contribution in [3.63, 3.8) is 0 Å². The Bertz CT molecular complexity index is 1010. The molecule has 3 rings (SSSR count). The van der Waals surface area contributed by atoms with Gasteiger partial charge in [0.2, 0.25) is 0 Å². The molecule has 1 aliphatic heterocycles. The van der Waals surface area contributed by atoms with Gasteiger partial charge < -0.3 is 14.5 Å². The summed E-state index contributed by atoms with van der Waals surface area (Å²) in [6, 6.07) is 15.1. The molecule has 2 aromatic rings. The molecule has 0 aliphatic carbocycles. The van der Waals surface area contributed by atoms with E-state index >= 15 is 0 Å². The van der Waals surface area contributed by atoms with Gasteiger partial charge in [-0.25, -0.2) is 4.79 Å². The maximum absolute atomic E-state index is 13.6. The second-order valence-corrected chi connectivity index (χ2v) is 7.99. The third-order valence-electron chi connectivity index (χ3n) is 5.64. The monoisotopic (exact) mass is 449 g/mol. The van der Waals surface area contributed by atoms with Gasteiger partial charge in [0, 0.05) is 38.6 Å². The minimum absolute atomic E-state index is 0.0439. The molecule has 1 saturated heterocycles. The van der Waals surface area contributed by atoms with Gasteiger partial charge in [-0.15, -0.1) is 0 Å². The van der Waals surface area contributed by atoms with E-state index in [1.807, 2.05) is 62.4 Å². The summed E-state index contributed by atoms with van der Waals surface area (Å²) in [7, 11) is 0. The molecule has 8 nitrogen and oxygen atoms in total. The van der Waals surface area contributed by atoms with E-state index < -0.39 is 0 Å². The van der Waals surface area contributed by atoms with Gasteiger partial charge >= 0.3 is 6.09 Å². The normalized spacial score (nSPS) is 16.4. The summed E-state index contributed by atoms with van der Waals surface area (Å²) in [4.78, 5) is 29.7. The predicted molar refractivity (Wildman–Crippen MR) is 131 cm³/mol. The van der Waals surface area contributed by atoms with Crippen molar-refractivity contribution in [3.05, 3.63) is 65.2 Å². The molecular weight excluding hydrogens is 418 g/mol. The van der Waals surface area contributed by atoms with Gasteiger partial charge in [-0.05, 0) is 44.9 Å². The van der Waals surface area contributed by atoms with Gasteiger partial charge in [-0.1, -0.05) is 42.0 Å². The summed E-state index contributed by atoms with van der Waals surface area (Å²) in [5.74, 6) is -0.124. The van der Waals surface area contributed by atoms with E-state index in [-0.39, 0.29) is 24.6 Å². The first kappa shape index (κ1) is 24.0. The number of rotatable bonds is 6. The standard InChI is InChI=1S/C25H31N5O3/c1-5-27-30(26-4)23-12-11-19(2)17-22(23)24(31)29-16-15-28(14-13-20(29)3)25(32)33-18-21-9-7-6-8-10-21/h5-12,17,20H,4,13-16,18H2,1-3H3/b27-5-/t20-/m1/s1. The second kappa shape index (κ2) is 11.3. The molecule has 1 fully saturated rings. The topological polar surface area (TPSA) is 77.8 Å². The SMILES string of the molecule is C=NN(/N=C\C)c1ccc(C)cc1C(=O)N1CCN(C(=O)OCc2ccccc2)CC[C@H]1C. The summed E-state index contributed by atoms with van der Waals surface area (Å²) < 4.78 is 5.49. The lowest BCUT2D eigenvalue weighted by Gasteiger charge is -2.28. The van der Waals surface area contributed by atoms with Crippen LogP contribution in [0.3, 0.4) is 0 Å². The Labute approximate surface area is 195 Å². The van der Waals surface area contributed by atoms with E-state index in [1.165, 1.54) is 5.12 Å². The maximum Gasteiger partial charge on any atom is 0.410 e. The number of anilines is 1. The summed E-state index contributed by atoms with van der Waals surface area (Å²) in [5, 5.41) is 9.47. The summed E-state index contributed by atoms with van der Waals surface area (Å²) >= 11 is 0. The summed E-state index contributed by atoms with van der Waals surface area (Å²) in [6.45, 7) is 10.8. The highest BCUT2D eigenvalue weighted by molar-refractivity contribution is 6.00. The van der Waals surface area contributed by atoms with E-state index in [4.69, 9.17) is 4.74 Å². The zero-order valence-corrected chi connectivity index (χ0v) is 19.5. The lowest BCUT2D eigenvalue weighted by atomic mass is 10.1. The Morgan fingerprint density at radius 1 is 1.18 bits per heavy atom. The van der Waals surface area contributed by atoms with E-state index in [9.17, 15) is 9.59 Å². The molecular formula is C25H31N5O3. The zero-order valence-electron chi connectivity index (χ0n) is 19.5. The molecule has 174 valence electrons. The molecule has 1 atom stereocenters. The van der Waals surface area contributed by atoms with Crippen molar-refractivity contribution in [2.75, 3.05) is 24.8 Å². The average Bonchev–Trinajstić information content (AvgIpc) is 3.03. The molecule has 33 heavy (non-hydrogen) atoms. The highest BCUT2D eigenvalue weighted by Gasteiger charge is 2.30. The number of hydrazone groups is 2. The van der Waals surface area contributed by atoms with E-state index in [0.29, 0.717) is 37.3 Å². The molecule has 0 spiro atoms. The fourth-order valence-corrected chi connectivity index (χ4v) is 3.79. The number of amides is 2. The van der Waals surface area contributed by atoms with Crippen LogP contribution in [0.5, 0.6) is 0 Å². The number of benzene rings is 2. The van der Waals surface area contributed by atoms with E-state index in [1.54, 1.807) is 22.9 Å². The first-order chi connectivity index (χ1) is 15.9. The fraction of sp³-hybridized carbons (Fsp3) is 0.360. The van der Waals surface area contributed by atoms with Gasteiger partial charge in [-0.2, -0.15) is 15.3 Å². The van der Waals surface area contributed by atoms with Gasteiger partial charge in [0.05, 0.1) is 11.3 Å². The first-order valence-electron chi connectivity index (χ1n) is 11.1. The highest BCUT2D eigenvalue weighted by atomic mass is 16.6. The van der Waals surface area contributed by atoms with Crippen molar-refractivity contribution in [3.8, 4) is 0 Å². The van der Waals surface area contributed by atoms with Crippen molar-refractivity contribution in [2.24, 2.45) is 10.2 Å². The highest BCUT2D eigenvalue weighted by Crippen LogP contribution is 2.26. The van der Waals surface area contributed by atoms with Gasteiger partial charge in [0.1, 0.15) is 6.61 Å². The van der Waals surface area contributed by atoms with Crippen molar-refractivity contribution in [1.29, 1.82) is 0 Å². The van der Waals surface area contributed by atoms with Crippen LogP contribution in [0.1, 0.15) is 41.8 Å². The Morgan fingerprint density at radius 3 is 2.64 bits per heavy atom. The smallest absolute Gasteiger partial charge is 0.410 e. The van der Waals surface area contributed by atoms with Crippen LogP contribution >= 0.6 is 0 Å². The van der Waals surface area contributed by atoms with Crippen molar-refractivity contribution in [1.82, 2.24) is 9.80 Å². The number of nitrogens with zero attached hydrogens (tertiary/aromatic N) is 5. The first-order valence-corrected chi connectivity index (χ1v) is 11.1. The number of carbonyl (C=O) groups is 2. The molecule has 0 N–H and O–H groups in total. The molecule has 1 aliphatic rings. The Balaban J connectivity index is 1.73.